The number of aryl methyl sites for hydroxylation is 1. The largest absolute Gasteiger partial charge is 0.385 e. The van der Waals surface area contributed by atoms with Crippen molar-refractivity contribution in [2.24, 2.45) is 5.92 Å². The average Bonchev–Trinajstić information content (AvgIpc) is 2.16. The van der Waals surface area contributed by atoms with Crippen LogP contribution in [-0.2, 0) is 5.60 Å². The molecule has 1 N–H and O–H groups in total. The van der Waals surface area contributed by atoms with Gasteiger partial charge in [-0.25, -0.2) is 4.39 Å². The molecule has 0 saturated heterocycles. The van der Waals surface area contributed by atoms with Gasteiger partial charge in [0.05, 0.1) is 5.60 Å². The first-order valence-corrected chi connectivity index (χ1v) is 5.98. The molecule has 2 heteroatoms. The average molecular weight is 222 g/mol. The maximum atomic E-state index is 13.4. The van der Waals surface area contributed by atoms with Crippen LogP contribution < -0.4 is 0 Å². The first kappa shape index (κ1) is 11.6. The highest BCUT2D eigenvalue weighted by Gasteiger charge is 2.30. The second-order valence-corrected chi connectivity index (χ2v) is 5.24. The Morgan fingerprint density at radius 1 is 1.44 bits per heavy atom. The smallest absolute Gasteiger partial charge is 0.126 e. The van der Waals surface area contributed by atoms with Crippen LogP contribution in [0.5, 0.6) is 0 Å². The fourth-order valence-electron chi connectivity index (χ4n) is 2.30. The second kappa shape index (κ2) is 4.17. The predicted molar refractivity (Wildman–Crippen MR) is 62.7 cm³/mol. The first-order valence-electron chi connectivity index (χ1n) is 5.98. The van der Waals surface area contributed by atoms with E-state index in [0.29, 0.717) is 17.0 Å². The molecule has 1 atom stereocenters. The van der Waals surface area contributed by atoms with Gasteiger partial charge in [0.1, 0.15) is 5.82 Å². The van der Waals surface area contributed by atoms with Gasteiger partial charge < -0.3 is 5.11 Å². The van der Waals surface area contributed by atoms with Crippen LogP contribution in [0.3, 0.4) is 0 Å². The number of aliphatic hydroxyl groups is 1. The minimum absolute atomic E-state index is 0.230. The van der Waals surface area contributed by atoms with Crippen LogP contribution in [0.15, 0.2) is 18.2 Å². The topological polar surface area (TPSA) is 20.2 Å². The van der Waals surface area contributed by atoms with Gasteiger partial charge in [-0.05, 0) is 43.4 Å². The summed E-state index contributed by atoms with van der Waals surface area (Å²) in [4.78, 5) is 0. The van der Waals surface area contributed by atoms with Crippen molar-refractivity contribution in [3.05, 3.63) is 35.1 Å². The van der Waals surface area contributed by atoms with E-state index in [1.165, 1.54) is 25.3 Å². The molecule has 0 radical (unpaired) electrons. The van der Waals surface area contributed by atoms with Crippen LogP contribution in [0.4, 0.5) is 4.39 Å². The lowest BCUT2D eigenvalue weighted by Gasteiger charge is -2.33. The molecule has 88 valence electrons. The number of rotatable bonds is 3. The molecule has 1 fully saturated rings. The maximum Gasteiger partial charge on any atom is 0.126 e. The molecule has 16 heavy (non-hydrogen) atoms. The van der Waals surface area contributed by atoms with Gasteiger partial charge in [-0.2, -0.15) is 0 Å². The number of benzene rings is 1. The van der Waals surface area contributed by atoms with Crippen LogP contribution in [-0.4, -0.2) is 5.11 Å². The Bertz CT molecular complexity index is 380. The Morgan fingerprint density at radius 3 is 2.62 bits per heavy atom. The molecule has 0 aliphatic heterocycles. The summed E-state index contributed by atoms with van der Waals surface area (Å²) in [5, 5.41) is 10.4. The molecule has 1 saturated carbocycles. The van der Waals surface area contributed by atoms with Gasteiger partial charge in [0.25, 0.3) is 0 Å². The van der Waals surface area contributed by atoms with Crippen molar-refractivity contribution in [2.75, 3.05) is 0 Å². The summed E-state index contributed by atoms with van der Waals surface area (Å²) < 4.78 is 13.4. The van der Waals surface area contributed by atoms with Crippen molar-refractivity contribution in [2.45, 2.75) is 45.1 Å². The number of hydrogen-bond acceptors (Lipinski definition) is 1. The molecular weight excluding hydrogens is 203 g/mol. The summed E-state index contributed by atoms with van der Waals surface area (Å²) in [5.41, 5.74) is 0.435. The summed E-state index contributed by atoms with van der Waals surface area (Å²) in [7, 11) is 0. The monoisotopic (exact) mass is 222 g/mol. The molecule has 0 heterocycles. The highest BCUT2D eigenvalue weighted by molar-refractivity contribution is 5.27. The normalized spacial score (nSPS) is 20.2. The zero-order valence-corrected chi connectivity index (χ0v) is 9.96. The summed E-state index contributed by atoms with van der Waals surface area (Å²) in [6, 6.07) is 5.03. The van der Waals surface area contributed by atoms with E-state index in [2.05, 4.69) is 0 Å². The second-order valence-electron chi connectivity index (χ2n) is 5.24. The predicted octanol–water partition coefficient (Wildman–Crippen LogP) is 3.53. The van der Waals surface area contributed by atoms with Crippen LogP contribution in [0.1, 0.15) is 43.7 Å². The third-order valence-corrected chi connectivity index (χ3v) is 3.70. The van der Waals surface area contributed by atoms with Crippen molar-refractivity contribution >= 4 is 0 Å². The third kappa shape index (κ3) is 2.27. The zero-order valence-electron chi connectivity index (χ0n) is 9.96. The molecule has 0 amide bonds. The van der Waals surface area contributed by atoms with Gasteiger partial charge in [-0.3, -0.25) is 0 Å². The summed E-state index contributed by atoms with van der Waals surface area (Å²) >= 11 is 0. The third-order valence-electron chi connectivity index (χ3n) is 3.70. The lowest BCUT2D eigenvalue weighted by molar-refractivity contribution is 0.0159. The first-order chi connectivity index (χ1) is 7.49. The van der Waals surface area contributed by atoms with Crippen LogP contribution in [0, 0.1) is 18.7 Å². The molecular formula is C14H19FO. The Hall–Kier alpha value is -0.890. The standard InChI is InChI=1S/C14H19FO/c1-10-6-7-12(8-13(10)15)14(2,16)9-11-4-3-5-11/h6-8,11,16H,3-5,9H2,1-2H3. The molecule has 1 unspecified atom stereocenters. The highest BCUT2D eigenvalue weighted by Crippen LogP contribution is 2.38. The van der Waals surface area contributed by atoms with Crippen molar-refractivity contribution in [1.82, 2.24) is 0 Å². The number of halogens is 1. The van der Waals surface area contributed by atoms with Crippen molar-refractivity contribution in [3.8, 4) is 0 Å². The van der Waals surface area contributed by atoms with E-state index >= 15 is 0 Å². The van der Waals surface area contributed by atoms with Gasteiger partial charge in [-0.15, -0.1) is 0 Å². The lowest BCUT2D eigenvalue weighted by Crippen LogP contribution is -2.28. The highest BCUT2D eigenvalue weighted by atomic mass is 19.1. The minimum Gasteiger partial charge on any atom is -0.385 e. The number of hydrogen-bond donors (Lipinski definition) is 1. The minimum atomic E-state index is -0.889. The van der Waals surface area contributed by atoms with Crippen LogP contribution in [0.2, 0.25) is 0 Å². The van der Waals surface area contributed by atoms with Gasteiger partial charge >= 0.3 is 0 Å². The molecule has 0 spiro atoms. The maximum absolute atomic E-state index is 13.4. The van der Waals surface area contributed by atoms with Crippen LogP contribution >= 0.6 is 0 Å². The Kier molecular flexibility index (Phi) is 3.02. The van der Waals surface area contributed by atoms with Gasteiger partial charge in [-0.1, -0.05) is 31.4 Å². The van der Waals surface area contributed by atoms with Crippen LogP contribution in [0.25, 0.3) is 0 Å². The Morgan fingerprint density at radius 2 is 2.12 bits per heavy atom. The van der Waals surface area contributed by atoms with E-state index in [4.69, 9.17) is 0 Å². The van der Waals surface area contributed by atoms with E-state index in [1.54, 1.807) is 19.9 Å². The van der Waals surface area contributed by atoms with Crippen molar-refractivity contribution < 1.29 is 9.50 Å². The SMILES string of the molecule is Cc1ccc(C(C)(O)CC2CCC2)cc1F. The quantitative estimate of drug-likeness (QED) is 0.829. The molecule has 1 aromatic carbocycles. The van der Waals surface area contributed by atoms with E-state index in [-0.39, 0.29) is 5.82 Å². The molecule has 1 aliphatic rings. The lowest BCUT2D eigenvalue weighted by atomic mass is 9.76. The van der Waals surface area contributed by atoms with Gasteiger partial charge in [0, 0.05) is 0 Å². The van der Waals surface area contributed by atoms with Gasteiger partial charge in [0.2, 0.25) is 0 Å². The van der Waals surface area contributed by atoms with E-state index in [1.807, 2.05) is 6.07 Å². The molecule has 0 bridgehead atoms. The van der Waals surface area contributed by atoms with E-state index in [0.717, 1.165) is 6.42 Å². The van der Waals surface area contributed by atoms with Crippen molar-refractivity contribution in [1.29, 1.82) is 0 Å². The molecule has 1 aliphatic carbocycles. The van der Waals surface area contributed by atoms with E-state index < -0.39 is 5.60 Å². The summed E-state index contributed by atoms with van der Waals surface area (Å²) in [5.74, 6) is 0.380. The zero-order chi connectivity index (χ0) is 11.8. The molecule has 2 rings (SSSR count). The summed E-state index contributed by atoms with van der Waals surface area (Å²) in [6.07, 6.45) is 4.41. The fourth-order valence-corrected chi connectivity index (χ4v) is 2.30. The fraction of sp³-hybridized carbons (Fsp3) is 0.571. The summed E-state index contributed by atoms with van der Waals surface area (Å²) in [6.45, 7) is 3.52. The Balaban J connectivity index is 2.16. The molecule has 1 aromatic rings. The van der Waals surface area contributed by atoms with Gasteiger partial charge in [0.15, 0.2) is 0 Å². The molecule has 1 nitrogen and oxygen atoms in total. The van der Waals surface area contributed by atoms with E-state index in [9.17, 15) is 9.50 Å². The Labute approximate surface area is 96.3 Å². The molecule has 0 aromatic heterocycles. The van der Waals surface area contributed by atoms with Crippen molar-refractivity contribution in [3.63, 3.8) is 0 Å².